The van der Waals surface area contributed by atoms with E-state index in [1.165, 1.54) is 6.92 Å². The summed E-state index contributed by atoms with van der Waals surface area (Å²) in [5.74, 6) is -0.935. The fourth-order valence-corrected chi connectivity index (χ4v) is 0. The molecule has 9 heavy (non-hydrogen) atoms. The second-order valence-electron chi connectivity index (χ2n) is 1.09. The molecule has 0 spiro atoms. The highest BCUT2D eigenvalue weighted by atomic mass is 16.4. The number of carboxylic acid groups (broad SMARTS) is 1. The summed E-state index contributed by atoms with van der Waals surface area (Å²) >= 11 is 0. The van der Waals surface area contributed by atoms with Crippen molar-refractivity contribution in [1.82, 2.24) is 0 Å². The van der Waals surface area contributed by atoms with Crippen LogP contribution in [0.1, 0.15) is 6.92 Å². The van der Waals surface area contributed by atoms with E-state index >= 15 is 0 Å². The average molecular weight is 132 g/mol. The fraction of sp³-hybridized carbons (Fsp3) is 0.167. The van der Waals surface area contributed by atoms with Crippen molar-refractivity contribution in [3.63, 3.8) is 0 Å². The summed E-state index contributed by atoms with van der Waals surface area (Å²) in [7, 11) is 0. The third-order valence-electron chi connectivity index (χ3n) is 0.365. The second kappa shape index (κ2) is 10.0. The molecule has 0 saturated heterocycles. The van der Waals surface area contributed by atoms with Gasteiger partial charge >= 0.3 is 5.97 Å². The first-order chi connectivity index (χ1) is 3.64. The van der Waals surface area contributed by atoms with Crippen LogP contribution in [0.25, 0.3) is 0 Å². The third kappa shape index (κ3) is 19.7. The van der Waals surface area contributed by atoms with Crippen LogP contribution in [0.15, 0.2) is 25.3 Å². The summed E-state index contributed by atoms with van der Waals surface area (Å²) in [5, 5.41) is 7.89. The molecule has 0 aliphatic heterocycles. The number of carbonyl (C=O) groups is 1. The SMILES string of the molecule is C=C.C=C(C)C(=O)O.O. The Morgan fingerprint density at radius 3 is 1.56 bits per heavy atom. The molecule has 3 N–H and O–H groups in total. The van der Waals surface area contributed by atoms with Gasteiger partial charge in [0.2, 0.25) is 0 Å². The van der Waals surface area contributed by atoms with Gasteiger partial charge in [0.25, 0.3) is 0 Å². The molecule has 0 unspecified atom stereocenters. The maximum Gasteiger partial charge on any atom is 0.330 e. The second-order valence-corrected chi connectivity index (χ2v) is 1.09. The summed E-state index contributed by atoms with van der Waals surface area (Å²) in [5.41, 5.74) is 0.176. The molecule has 0 radical (unpaired) electrons. The van der Waals surface area contributed by atoms with E-state index in [0.29, 0.717) is 0 Å². The molecule has 0 aromatic rings. The monoisotopic (exact) mass is 132 g/mol. The molecule has 3 heteroatoms. The highest BCUT2D eigenvalue weighted by Crippen LogP contribution is 1.81. The number of hydrogen-bond acceptors (Lipinski definition) is 1. The molecule has 0 aromatic carbocycles. The van der Waals surface area contributed by atoms with Crippen LogP contribution in [0.2, 0.25) is 0 Å². The van der Waals surface area contributed by atoms with Gasteiger partial charge in [-0.3, -0.25) is 0 Å². The Bertz CT molecular complexity index is 84.5. The Labute approximate surface area is 54.6 Å². The van der Waals surface area contributed by atoms with E-state index in [0.717, 1.165) is 0 Å². The lowest BCUT2D eigenvalue weighted by Crippen LogP contribution is -1.92. The lowest BCUT2D eigenvalue weighted by molar-refractivity contribution is -0.132. The number of carboxylic acids is 1. The predicted molar refractivity (Wildman–Crippen MR) is 37.3 cm³/mol. The molecular weight excluding hydrogens is 120 g/mol. The highest BCUT2D eigenvalue weighted by Gasteiger charge is 1.90. The Balaban J connectivity index is -0.000000109. The van der Waals surface area contributed by atoms with Crippen LogP contribution in [0.4, 0.5) is 0 Å². The van der Waals surface area contributed by atoms with Crippen molar-refractivity contribution >= 4 is 5.97 Å². The van der Waals surface area contributed by atoms with Gasteiger partial charge in [-0.05, 0) is 6.92 Å². The van der Waals surface area contributed by atoms with Gasteiger partial charge in [0, 0.05) is 5.57 Å². The van der Waals surface area contributed by atoms with Gasteiger partial charge in [0.15, 0.2) is 0 Å². The van der Waals surface area contributed by atoms with Crippen molar-refractivity contribution in [2.24, 2.45) is 0 Å². The van der Waals surface area contributed by atoms with Crippen LogP contribution < -0.4 is 0 Å². The first-order valence-electron chi connectivity index (χ1n) is 2.03. The van der Waals surface area contributed by atoms with Gasteiger partial charge in [0.1, 0.15) is 0 Å². The van der Waals surface area contributed by atoms with Gasteiger partial charge in [0.05, 0.1) is 0 Å². The van der Waals surface area contributed by atoms with Gasteiger partial charge in [-0.25, -0.2) is 4.79 Å². The maximum atomic E-state index is 9.60. The molecular formula is C6H12O3. The number of hydrogen-bond donors (Lipinski definition) is 1. The van der Waals surface area contributed by atoms with Crippen LogP contribution in [-0.2, 0) is 4.79 Å². The van der Waals surface area contributed by atoms with Crippen LogP contribution in [-0.4, -0.2) is 16.6 Å². The van der Waals surface area contributed by atoms with E-state index in [2.05, 4.69) is 19.7 Å². The Morgan fingerprint density at radius 1 is 1.44 bits per heavy atom. The quantitative estimate of drug-likeness (QED) is 0.420. The normalized spacial score (nSPS) is 5.44. The van der Waals surface area contributed by atoms with Gasteiger partial charge in [-0.1, -0.05) is 6.58 Å². The van der Waals surface area contributed by atoms with Crippen LogP contribution in [0.3, 0.4) is 0 Å². The van der Waals surface area contributed by atoms with Crippen molar-refractivity contribution in [3.05, 3.63) is 25.3 Å². The van der Waals surface area contributed by atoms with Gasteiger partial charge in [-0.2, -0.15) is 0 Å². The van der Waals surface area contributed by atoms with Crippen molar-refractivity contribution < 1.29 is 15.4 Å². The molecule has 0 rings (SSSR count). The van der Waals surface area contributed by atoms with Crippen LogP contribution in [0, 0.1) is 0 Å². The number of aliphatic carboxylic acids is 1. The lowest BCUT2D eigenvalue weighted by atomic mass is 10.4. The Morgan fingerprint density at radius 2 is 1.56 bits per heavy atom. The first-order valence-corrected chi connectivity index (χ1v) is 2.03. The smallest absolute Gasteiger partial charge is 0.330 e. The topological polar surface area (TPSA) is 68.8 Å². The minimum Gasteiger partial charge on any atom is -0.478 e. The van der Waals surface area contributed by atoms with Gasteiger partial charge < -0.3 is 10.6 Å². The molecule has 0 bridgehead atoms. The van der Waals surface area contributed by atoms with Crippen LogP contribution >= 0.6 is 0 Å². The van der Waals surface area contributed by atoms with Crippen molar-refractivity contribution in [3.8, 4) is 0 Å². The lowest BCUT2D eigenvalue weighted by Gasteiger charge is -1.79. The van der Waals surface area contributed by atoms with E-state index in [1.54, 1.807) is 0 Å². The fourth-order valence-electron chi connectivity index (χ4n) is 0. The molecule has 3 nitrogen and oxygen atoms in total. The molecule has 0 aliphatic carbocycles. The van der Waals surface area contributed by atoms with E-state index in [-0.39, 0.29) is 11.0 Å². The number of rotatable bonds is 1. The van der Waals surface area contributed by atoms with Crippen LogP contribution in [0.5, 0.6) is 0 Å². The highest BCUT2D eigenvalue weighted by molar-refractivity contribution is 5.84. The maximum absolute atomic E-state index is 9.60. The largest absolute Gasteiger partial charge is 0.478 e. The summed E-state index contributed by atoms with van der Waals surface area (Å²) in [6, 6.07) is 0. The average Bonchev–Trinajstić information content (AvgIpc) is 1.72. The van der Waals surface area contributed by atoms with E-state index in [1.807, 2.05) is 0 Å². The predicted octanol–water partition coefficient (Wildman–Crippen LogP) is 0.625. The zero-order valence-corrected chi connectivity index (χ0v) is 5.48. The first kappa shape index (κ1) is 15.7. The molecule has 0 heterocycles. The van der Waals surface area contributed by atoms with Crippen molar-refractivity contribution in [2.45, 2.75) is 6.92 Å². The van der Waals surface area contributed by atoms with Crippen molar-refractivity contribution in [1.29, 1.82) is 0 Å². The van der Waals surface area contributed by atoms with Crippen molar-refractivity contribution in [2.75, 3.05) is 0 Å². The molecule has 54 valence electrons. The third-order valence-corrected chi connectivity index (χ3v) is 0.365. The van der Waals surface area contributed by atoms with Gasteiger partial charge in [-0.15, -0.1) is 13.2 Å². The minimum absolute atomic E-state index is 0. The summed E-state index contributed by atoms with van der Waals surface area (Å²) in [4.78, 5) is 9.60. The Kier molecular flexibility index (Phi) is 17.4. The minimum atomic E-state index is -0.935. The van der Waals surface area contributed by atoms with E-state index in [4.69, 9.17) is 5.11 Å². The zero-order chi connectivity index (χ0) is 7.15. The summed E-state index contributed by atoms with van der Waals surface area (Å²) in [6.07, 6.45) is 0. The van der Waals surface area contributed by atoms with E-state index in [9.17, 15) is 4.79 Å². The molecule has 0 aromatic heterocycles. The zero-order valence-electron chi connectivity index (χ0n) is 5.48. The summed E-state index contributed by atoms with van der Waals surface area (Å²) < 4.78 is 0. The standard InChI is InChI=1S/C4H6O2.C2H4.H2O/c1-3(2)4(5)6;1-2;/h1H2,2H3,(H,5,6);1-2H2;1H2. The molecule has 0 aliphatic rings. The van der Waals surface area contributed by atoms with E-state index < -0.39 is 5.97 Å². The molecule has 0 atom stereocenters. The molecule has 0 fully saturated rings. The molecule has 0 saturated carbocycles. The Hall–Kier alpha value is -1.09. The summed E-state index contributed by atoms with van der Waals surface area (Å²) in [6.45, 7) is 10.6. The molecule has 0 amide bonds.